The molecule has 0 aliphatic carbocycles. The third-order valence-electron chi connectivity index (χ3n) is 6.41. The minimum absolute atomic E-state index is 0.0651. The quantitative estimate of drug-likeness (QED) is 0.477. The van der Waals surface area contributed by atoms with Crippen LogP contribution in [0.1, 0.15) is 39.1 Å². The van der Waals surface area contributed by atoms with Gasteiger partial charge in [-0.1, -0.05) is 48.0 Å². The highest BCUT2D eigenvalue weighted by atomic mass is 19.4. The molecule has 1 aromatic heterocycles. The van der Waals surface area contributed by atoms with Gasteiger partial charge in [-0.2, -0.15) is 18.3 Å². The minimum atomic E-state index is -4.49. The second kappa shape index (κ2) is 10.2. The van der Waals surface area contributed by atoms with Crippen LogP contribution in [0.5, 0.6) is 0 Å². The van der Waals surface area contributed by atoms with Crippen LogP contribution in [0.15, 0.2) is 48.7 Å². The van der Waals surface area contributed by atoms with E-state index in [1.807, 2.05) is 35.9 Å². The van der Waals surface area contributed by atoms with E-state index in [2.05, 4.69) is 54.4 Å². The number of carbonyl (C=O) groups excluding carboxylic acids is 1. The molecule has 1 aliphatic heterocycles. The number of hydrogen-bond donors (Lipinski definition) is 3. The van der Waals surface area contributed by atoms with Gasteiger partial charge in [-0.3, -0.25) is 14.9 Å². The molecule has 35 heavy (non-hydrogen) atoms. The van der Waals surface area contributed by atoms with Gasteiger partial charge in [0.25, 0.3) is 0 Å². The SMILES string of the molecule is Cc1ccc(Cn2cc(C)c(Cc3ccc(CNC(=O)C4CNNC4C(F)(F)F)cc3)n2)c(C)c1. The van der Waals surface area contributed by atoms with Crippen LogP contribution in [-0.2, 0) is 24.3 Å². The summed E-state index contributed by atoms with van der Waals surface area (Å²) >= 11 is 0. The first kappa shape index (κ1) is 24.9. The van der Waals surface area contributed by atoms with Crippen LogP contribution in [0.2, 0.25) is 0 Å². The van der Waals surface area contributed by atoms with Gasteiger partial charge in [0.2, 0.25) is 5.91 Å². The molecule has 3 N–H and O–H groups in total. The monoisotopic (exact) mass is 485 g/mol. The average molecular weight is 486 g/mol. The third-order valence-corrected chi connectivity index (χ3v) is 6.41. The number of benzene rings is 2. The second-order valence-electron chi connectivity index (χ2n) is 9.25. The molecule has 1 fully saturated rings. The molecule has 6 nitrogen and oxygen atoms in total. The highest BCUT2D eigenvalue weighted by molar-refractivity contribution is 5.80. The highest BCUT2D eigenvalue weighted by Gasteiger charge is 2.50. The Bertz CT molecular complexity index is 1190. The van der Waals surface area contributed by atoms with E-state index in [9.17, 15) is 18.0 Å². The number of hydrogen-bond acceptors (Lipinski definition) is 4. The van der Waals surface area contributed by atoms with Gasteiger partial charge in [-0.05, 0) is 48.6 Å². The number of aryl methyl sites for hydroxylation is 3. The van der Waals surface area contributed by atoms with E-state index in [-0.39, 0.29) is 13.1 Å². The summed E-state index contributed by atoms with van der Waals surface area (Å²) in [6, 6.07) is 12.2. The summed E-state index contributed by atoms with van der Waals surface area (Å²) in [5, 5.41) is 7.39. The van der Waals surface area contributed by atoms with Crippen LogP contribution in [0.3, 0.4) is 0 Å². The predicted molar refractivity (Wildman–Crippen MR) is 128 cm³/mol. The predicted octanol–water partition coefficient (Wildman–Crippen LogP) is 3.72. The summed E-state index contributed by atoms with van der Waals surface area (Å²) in [6.45, 7) is 7.06. The third kappa shape index (κ3) is 6.10. The van der Waals surface area contributed by atoms with Gasteiger partial charge >= 0.3 is 6.18 Å². The Kier molecular flexibility index (Phi) is 7.28. The Labute approximate surface area is 202 Å². The molecule has 2 unspecified atom stereocenters. The Morgan fingerprint density at radius 3 is 2.49 bits per heavy atom. The molecule has 0 spiro atoms. The fourth-order valence-electron chi connectivity index (χ4n) is 4.35. The average Bonchev–Trinajstić information content (AvgIpc) is 3.42. The van der Waals surface area contributed by atoms with E-state index in [1.165, 1.54) is 16.7 Å². The zero-order chi connectivity index (χ0) is 25.2. The summed E-state index contributed by atoms with van der Waals surface area (Å²) in [5.41, 5.74) is 12.3. The summed E-state index contributed by atoms with van der Waals surface area (Å²) in [4.78, 5) is 12.3. The summed E-state index contributed by atoms with van der Waals surface area (Å²) in [7, 11) is 0. The molecule has 1 saturated heterocycles. The van der Waals surface area contributed by atoms with Gasteiger partial charge < -0.3 is 5.32 Å². The van der Waals surface area contributed by atoms with E-state index in [0.717, 1.165) is 22.4 Å². The Balaban J connectivity index is 1.33. The van der Waals surface area contributed by atoms with Crippen molar-refractivity contribution in [1.82, 2.24) is 25.9 Å². The Morgan fingerprint density at radius 2 is 1.80 bits per heavy atom. The van der Waals surface area contributed by atoms with E-state index in [1.54, 1.807) is 0 Å². The molecular weight excluding hydrogens is 455 g/mol. The molecule has 3 aromatic rings. The fourth-order valence-corrected chi connectivity index (χ4v) is 4.35. The zero-order valence-electron chi connectivity index (χ0n) is 20.0. The number of rotatable bonds is 7. The molecule has 2 atom stereocenters. The standard InChI is InChI=1S/C26H30F3N5O/c1-16-4-9-21(17(2)10-16)15-34-14-18(3)23(33-34)11-19-5-7-20(8-6-19)12-30-25(35)22-13-31-32-24(22)26(27,28)29/h4-10,14,22,24,31-32H,11-13,15H2,1-3H3,(H,30,35). The number of nitrogens with one attached hydrogen (secondary N) is 3. The number of amides is 1. The van der Waals surface area contributed by atoms with Gasteiger partial charge in [0.15, 0.2) is 0 Å². The van der Waals surface area contributed by atoms with Gasteiger partial charge in [-0.15, -0.1) is 0 Å². The fraction of sp³-hybridized carbons (Fsp3) is 0.385. The molecule has 1 amide bonds. The van der Waals surface area contributed by atoms with Crippen LogP contribution in [0.4, 0.5) is 13.2 Å². The summed E-state index contributed by atoms with van der Waals surface area (Å²) in [5.74, 6) is -1.82. The molecule has 0 bridgehead atoms. The van der Waals surface area contributed by atoms with Crippen molar-refractivity contribution < 1.29 is 18.0 Å². The van der Waals surface area contributed by atoms with Crippen molar-refractivity contribution in [3.05, 3.63) is 87.7 Å². The first-order valence-electron chi connectivity index (χ1n) is 11.6. The highest BCUT2D eigenvalue weighted by Crippen LogP contribution is 2.27. The molecule has 186 valence electrons. The van der Waals surface area contributed by atoms with Crippen molar-refractivity contribution >= 4 is 5.91 Å². The number of hydrazine groups is 1. The van der Waals surface area contributed by atoms with Gasteiger partial charge in [-0.25, -0.2) is 5.43 Å². The largest absolute Gasteiger partial charge is 0.405 e. The van der Waals surface area contributed by atoms with Crippen molar-refractivity contribution in [3.63, 3.8) is 0 Å². The molecule has 4 rings (SSSR count). The summed E-state index contributed by atoms with van der Waals surface area (Å²) < 4.78 is 41.1. The van der Waals surface area contributed by atoms with Gasteiger partial charge in [0, 0.05) is 25.7 Å². The maximum Gasteiger partial charge on any atom is 0.405 e. The van der Waals surface area contributed by atoms with Crippen LogP contribution in [0.25, 0.3) is 0 Å². The maximum absolute atomic E-state index is 13.0. The lowest BCUT2D eigenvalue weighted by Crippen LogP contribution is -2.48. The molecule has 0 saturated carbocycles. The lowest BCUT2D eigenvalue weighted by atomic mass is 10.0. The first-order valence-corrected chi connectivity index (χ1v) is 11.6. The van der Waals surface area contributed by atoms with Crippen LogP contribution >= 0.6 is 0 Å². The van der Waals surface area contributed by atoms with E-state index >= 15 is 0 Å². The van der Waals surface area contributed by atoms with E-state index in [4.69, 9.17) is 5.10 Å². The number of halogens is 3. The van der Waals surface area contributed by atoms with Crippen molar-refractivity contribution in [3.8, 4) is 0 Å². The molecule has 0 radical (unpaired) electrons. The summed E-state index contributed by atoms with van der Waals surface area (Å²) in [6.07, 6.45) is -1.76. The van der Waals surface area contributed by atoms with Crippen LogP contribution in [-0.4, -0.2) is 34.5 Å². The van der Waals surface area contributed by atoms with Crippen molar-refractivity contribution in [2.24, 2.45) is 5.92 Å². The minimum Gasteiger partial charge on any atom is -0.352 e. The molecule has 1 aliphatic rings. The normalized spacial score (nSPS) is 18.1. The molecule has 9 heteroatoms. The maximum atomic E-state index is 13.0. The smallest absolute Gasteiger partial charge is 0.352 e. The molecular formula is C26H30F3N5O. The molecule has 2 heterocycles. The lowest BCUT2D eigenvalue weighted by molar-refractivity contribution is -0.166. The van der Waals surface area contributed by atoms with E-state index < -0.39 is 24.0 Å². The number of aromatic nitrogens is 2. The Hall–Kier alpha value is -3.17. The van der Waals surface area contributed by atoms with Crippen molar-refractivity contribution in [1.29, 1.82) is 0 Å². The number of alkyl halides is 3. The van der Waals surface area contributed by atoms with Crippen LogP contribution < -0.4 is 16.2 Å². The van der Waals surface area contributed by atoms with Crippen molar-refractivity contribution in [2.75, 3.05) is 6.54 Å². The van der Waals surface area contributed by atoms with Gasteiger partial charge in [0.05, 0.1) is 18.2 Å². The van der Waals surface area contributed by atoms with Gasteiger partial charge in [0.1, 0.15) is 6.04 Å². The number of carbonyl (C=O) groups is 1. The van der Waals surface area contributed by atoms with Crippen molar-refractivity contribution in [2.45, 2.75) is 52.5 Å². The Morgan fingerprint density at radius 1 is 1.09 bits per heavy atom. The van der Waals surface area contributed by atoms with E-state index in [0.29, 0.717) is 13.0 Å². The zero-order valence-corrected chi connectivity index (χ0v) is 20.0. The van der Waals surface area contributed by atoms with Crippen LogP contribution in [0, 0.1) is 26.7 Å². The first-order chi connectivity index (χ1) is 16.6. The lowest BCUT2D eigenvalue weighted by Gasteiger charge is -2.20. The number of nitrogens with zero attached hydrogens (tertiary/aromatic N) is 2. The topological polar surface area (TPSA) is 71.0 Å². The molecule has 2 aromatic carbocycles. The second-order valence-corrected chi connectivity index (χ2v) is 9.25.